The largest absolute Gasteiger partial charge is 0.337 e. The molecule has 0 radical (unpaired) electrons. The predicted octanol–water partition coefficient (Wildman–Crippen LogP) is 9.72. The van der Waals surface area contributed by atoms with Gasteiger partial charge in [0.05, 0.1) is 44.5 Å². The van der Waals surface area contributed by atoms with Gasteiger partial charge in [0.25, 0.3) is 11.8 Å². The standard InChI is InChI=1S/C29H35N5O.C28H33N5O/c1-17(2)22-7-5-6-21-13-26(34(27(21)22)16-19-8-9-19)28-31-24-14-23-20(12-25(24)32(28)4)10-11-33(29(23)35)15-18(3)30;1-17-6-4-9-21-13-25(33(26(17)21)16-19-7-5-8-19)27-30-23-14-22-20(12-24(23)31(27)3)10-11-32(28(22)34)15-18(2)29/h5-7,12-14,17-19H,8-11,15-16,30H2,1-4H3;4,6,9,12-14,18-19H,5,7-8,10-11,15-16,29H2,1-3H3. The van der Waals surface area contributed by atoms with Gasteiger partial charge in [0, 0.05) is 87.3 Å². The van der Waals surface area contributed by atoms with Crippen LogP contribution >= 0.6 is 0 Å². The fourth-order valence-electron chi connectivity index (χ4n) is 11.5. The highest BCUT2D eigenvalue weighted by Gasteiger charge is 2.31. The van der Waals surface area contributed by atoms with E-state index in [-0.39, 0.29) is 23.9 Å². The van der Waals surface area contributed by atoms with Gasteiger partial charge in [-0.25, -0.2) is 9.97 Å². The minimum absolute atomic E-state index is 0.0308. The smallest absolute Gasteiger partial charge is 0.254 e. The minimum atomic E-state index is -0.0326. The summed E-state index contributed by atoms with van der Waals surface area (Å²) in [4.78, 5) is 40.3. The number of carbonyl (C=O) groups is 2. The van der Waals surface area contributed by atoms with Gasteiger partial charge in [-0.15, -0.1) is 0 Å². The Balaban J connectivity index is 0.000000151. The van der Waals surface area contributed by atoms with Crippen molar-refractivity contribution in [2.24, 2.45) is 37.4 Å². The van der Waals surface area contributed by atoms with Gasteiger partial charge >= 0.3 is 0 Å². The van der Waals surface area contributed by atoms with E-state index in [1.165, 1.54) is 70.7 Å². The Hall–Kier alpha value is -6.24. The molecule has 4 aliphatic rings. The third-order valence-electron chi connectivity index (χ3n) is 15.5. The van der Waals surface area contributed by atoms with E-state index >= 15 is 0 Å². The van der Waals surface area contributed by atoms with E-state index in [2.05, 4.69) is 114 Å². The molecule has 6 heterocycles. The molecule has 2 unspecified atom stereocenters. The number of hydrogen-bond donors (Lipinski definition) is 2. The molecule has 2 amide bonds. The molecule has 12 nitrogen and oxygen atoms in total. The number of fused-ring (bicyclic) bond motifs is 6. The molecule has 0 bridgehead atoms. The molecule has 358 valence electrons. The lowest BCUT2D eigenvalue weighted by Gasteiger charge is -2.29. The number of nitrogens with two attached hydrogens (primary N) is 2. The molecule has 12 rings (SSSR count). The zero-order chi connectivity index (χ0) is 48.0. The summed E-state index contributed by atoms with van der Waals surface area (Å²) >= 11 is 0. The van der Waals surface area contributed by atoms with Crippen molar-refractivity contribution < 1.29 is 9.59 Å². The van der Waals surface area contributed by atoms with Crippen LogP contribution in [0.2, 0.25) is 0 Å². The lowest BCUT2D eigenvalue weighted by atomic mass is 9.85. The number of aryl methyl sites for hydroxylation is 3. The van der Waals surface area contributed by atoms with Crippen molar-refractivity contribution in [1.82, 2.24) is 38.0 Å². The molecule has 4 aromatic carbocycles. The molecule has 2 saturated carbocycles. The molecule has 8 aromatic rings. The molecular weight excluding hydrogens is 857 g/mol. The van der Waals surface area contributed by atoms with Gasteiger partial charge in [-0.2, -0.15) is 0 Å². The summed E-state index contributed by atoms with van der Waals surface area (Å²) in [5, 5.41) is 2.54. The van der Waals surface area contributed by atoms with Gasteiger partial charge in [0.15, 0.2) is 11.6 Å². The molecule has 4 N–H and O–H groups in total. The van der Waals surface area contributed by atoms with Crippen LogP contribution in [0.1, 0.15) is 109 Å². The van der Waals surface area contributed by atoms with Gasteiger partial charge in [0.1, 0.15) is 0 Å². The van der Waals surface area contributed by atoms with E-state index in [1.54, 1.807) is 0 Å². The summed E-state index contributed by atoms with van der Waals surface area (Å²) in [5.41, 5.74) is 27.3. The number of para-hydroxylation sites is 2. The van der Waals surface area contributed by atoms with Crippen molar-refractivity contribution in [3.63, 3.8) is 0 Å². The van der Waals surface area contributed by atoms with Gasteiger partial charge in [-0.3, -0.25) is 9.59 Å². The normalized spacial score (nSPS) is 17.2. The molecule has 2 atom stereocenters. The summed E-state index contributed by atoms with van der Waals surface area (Å²) < 4.78 is 9.42. The average Bonchev–Trinajstić information content (AvgIpc) is 3.65. The van der Waals surface area contributed by atoms with Gasteiger partial charge < -0.3 is 39.5 Å². The highest BCUT2D eigenvalue weighted by atomic mass is 16.2. The zero-order valence-corrected chi connectivity index (χ0v) is 41.6. The van der Waals surface area contributed by atoms with E-state index in [1.807, 2.05) is 35.8 Å². The molecule has 0 saturated heterocycles. The third-order valence-corrected chi connectivity index (χ3v) is 15.5. The zero-order valence-electron chi connectivity index (χ0n) is 41.6. The second-order valence-corrected chi connectivity index (χ2v) is 21.4. The summed E-state index contributed by atoms with van der Waals surface area (Å²) in [6, 6.07) is 26.1. The van der Waals surface area contributed by atoms with Crippen molar-refractivity contribution in [3.8, 4) is 23.0 Å². The van der Waals surface area contributed by atoms with Crippen LogP contribution in [-0.2, 0) is 40.0 Å². The highest BCUT2D eigenvalue weighted by molar-refractivity contribution is 6.02. The maximum absolute atomic E-state index is 13.2. The second kappa shape index (κ2) is 17.6. The molecule has 2 aliphatic heterocycles. The SMILES string of the molecule is CC(N)CN1CCc2cc3c(cc2C1=O)nc(-c1cc2cccc(C(C)C)c2n1CC1CC1)n3C.Cc1cccc2cc(-c3nc4cc5c(cc4n3C)CCN(CC(C)N)C5=O)n(CC3CCC3)c12. The molecule has 2 fully saturated rings. The molecule has 2 aliphatic carbocycles. The first-order valence-corrected chi connectivity index (χ1v) is 25.5. The lowest BCUT2D eigenvalue weighted by Crippen LogP contribution is -2.43. The van der Waals surface area contributed by atoms with E-state index in [0.29, 0.717) is 19.0 Å². The average molecular weight is 925 g/mol. The van der Waals surface area contributed by atoms with Crippen LogP contribution in [0.3, 0.4) is 0 Å². The monoisotopic (exact) mass is 925 g/mol. The van der Waals surface area contributed by atoms with Crippen LogP contribution in [0, 0.1) is 18.8 Å². The van der Waals surface area contributed by atoms with Crippen LogP contribution in [0.4, 0.5) is 0 Å². The number of carbonyl (C=O) groups excluding carboxylic acids is 2. The topological polar surface area (TPSA) is 138 Å². The van der Waals surface area contributed by atoms with E-state index < -0.39 is 0 Å². The Morgan fingerprint density at radius 2 is 1.10 bits per heavy atom. The second-order valence-electron chi connectivity index (χ2n) is 21.4. The van der Waals surface area contributed by atoms with Gasteiger partial charge in [-0.05, 0) is 136 Å². The first-order chi connectivity index (χ1) is 33.2. The lowest BCUT2D eigenvalue weighted by molar-refractivity contribution is 0.0725. The van der Waals surface area contributed by atoms with Crippen molar-refractivity contribution in [1.29, 1.82) is 0 Å². The first-order valence-electron chi connectivity index (χ1n) is 25.5. The number of benzene rings is 4. The fraction of sp³-hybridized carbons (Fsp3) is 0.439. The molecule has 12 heteroatoms. The maximum atomic E-state index is 13.2. The summed E-state index contributed by atoms with van der Waals surface area (Å²) in [5.74, 6) is 4.02. The third kappa shape index (κ3) is 8.13. The molecule has 4 aromatic heterocycles. The Morgan fingerprint density at radius 3 is 1.57 bits per heavy atom. The number of hydrogen-bond acceptors (Lipinski definition) is 6. The molecule has 69 heavy (non-hydrogen) atoms. The van der Waals surface area contributed by atoms with Gasteiger partial charge in [-0.1, -0.05) is 56.7 Å². The minimum Gasteiger partial charge on any atom is -0.337 e. The van der Waals surface area contributed by atoms with Crippen LogP contribution < -0.4 is 11.5 Å². The van der Waals surface area contributed by atoms with Crippen LogP contribution in [-0.4, -0.2) is 88.1 Å². The Kier molecular flexibility index (Phi) is 11.5. The fourth-order valence-corrected chi connectivity index (χ4v) is 11.5. The summed E-state index contributed by atoms with van der Waals surface area (Å²) in [7, 11) is 4.20. The number of amides is 2. The van der Waals surface area contributed by atoms with Crippen molar-refractivity contribution in [3.05, 3.63) is 106 Å². The Morgan fingerprint density at radius 1 is 0.623 bits per heavy atom. The maximum Gasteiger partial charge on any atom is 0.254 e. The summed E-state index contributed by atoms with van der Waals surface area (Å²) in [6.45, 7) is 15.3. The number of nitrogens with zero attached hydrogens (tertiary/aromatic N) is 8. The number of aromatic nitrogens is 6. The van der Waals surface area contributed by atoms with Crippen LogP contribution in [0.5, 0.6) is 0 Å². The Bertz CT molecular complexity index is 3320. The van der Waals surface area contributed by atoms with Crippen LogP contribution in [0.15, 0.2) is 72.8 Å². The van der Waals surface area contributed by atoms with Crippen molar-refractivity contribution in [2.75, 3.05) is 26.2 Å². The van der Waals surface area contributed by atoms with E-state index in [0.717, 1.165) is 113 Å². The molecule has 0 spiro atoms. The van der Waals surface area contributed by atoms with Crippen LogP contribution in [0.25, 0.3) is 66.9 Å². The van der Waals surface area contributed by atoms with Crippen molar-refractivity contribution >= 4 is 55.7 Å². The quantitative estimate of drug-likeness (QED) is 0.133. The highest BCUT2D eigenvalue weighted by Crippen LogP contribution is 2.40. The van der Waals surface area contributed by atoms with E-state index in [4.69, 9.17) is 21.4 Å². The predicted molar refractivity (Wildman–Crippen MR) is 279 cm³/mol. The van der Waals surface area contributed by atoms with Crippen molar-refractivity contribution in [2.45, 2.75) is 111 Å². The first kappa shape index (κ1) is 45.2. The van der Waals surface area contributed by atoms with E-state index in [9.17, 15) is 9.59 Å². The summed E-state index contributed by atoms with van der Waals surface area (Å²) in [6.07, 6.45) is 8.26. The number of rotatable bonds is 11. The Labute approximate surface area is 405 Å². The van der Waals surface area contributed by atoms with Gasteiger partial charge in [0.2, 0.25) is 0 Å². The number of imidazole rings is 2. The molecular formula is C57H68N10O2.